The maximum absolute atomic E-state index is 11.9. The molecular weight excluding hydrogens is 294 g/mol. The Bertz CT molecular complexity index is 534. The monoisotopic (exact) mass is 321 g/mol. The van der Waals surface area contributed by atoms with E-state index < -0.39 is 11.7 Å². The van der Waals surface area contributed by atoms with E-state index >= 15 is 0 Å². The van der Waals surface area contributed by atoms with Gasteiger partial charge in [-0.15, -0.1) is 0 Å². The molecule has 1 fully saturated rings. The molecule has 0 atom stereocenters. The first-order chi connectivity index (χ1) is 10.9. The average molecular weight is 321 g/mol. The molecule has 0 saturated carbocycles. The maximum Gasteiger partial charge on any atom is 0.412 e. The number of ether oxygens (including phenoxy) is 2. The number of piperazine rings is 1. The Morgan fingerprint density at radius 1 is 1.30 bits per heavy atom. The number of benzene rings is 1. The zero-order valence-electron chi connectivity index (χ0n) is 14.4. The van der Waals surface area contributed by atoms with Crippen LogP contribution in [0, 0.1) is 0 Å². The molecule has 128 valence electrons. The molecular formula is C17H27N3O3. The fourth-order valence-corrected chi connectivity index (χ4v) is 2.51. The van der Waals surface area contributed by atoms with Crippen LogP contribution in [0.4, 0.5) is 10.5 Å². The van der Waals surface area contributed by atoms with E-state index in [1.165, 1.54) is 0 Å². The first-order valence-electron chi connectivity index (χ1n) is 7.97. The zero-order chi connectivity index (χ0) is 16.9. The van der Waals surface area contributed by atoms with Crippen LogP contribution in [0.25, 0.3) is 0 Å². The van der Waals surface area contributed by atoms with Gasteiger partial charge in [0.2, 0.25) is 0 Å². The first-order valence-corrected chi connectivity index (χ1v) is 7.97. The molecule has 1 amide bonds. The number of hydrogen-bond acceptors (Lipinski definition) is 5. The second-order valence-electron chi connectivity index (χ2n) is 6.68. The van der Waals surface area contributed by atoms with Crippen molar-refractivity contribution in [3.05, 3.63) is 23.8 Å². The van der Waals surface area contributed by atoms with Crippen molar-refractivity contribution in [1.29, 1.82) is 0 Å². The van der Waals surface area contributed by atoms with Gasteiger partial charge in [-0.05, 0) is 39.0 Å². The van der Waals surface area contributed by atoms with Crippen molar-refractivity contribution in [3.63, 3.8) is 0 Å². The third-order valence-electron chi connectivity index (χ3n) is 3.53. The van der Waals surface area contributed by atoms with Crippen LogP contribution in [0.5, 0.6) is 5.75 Å². The van der Waals surface area contributed by atoms with Crippen LogP contribution >= 0.6 is 0 Å². The zero-order valence-corrected chi connectivity index (χ0v) is 14.4. The van der Waals surface area contributed by atoms with E-state index in [-0.39, 0.29) is 0 Å². The van der Waals surface area contributed by atoms with E-state index in [1.54, 1.807) is 7.11 Å². The molecule has 1 aliphatic heterocycles. The molecule has 1 aromatic rings. The molecule has 6 nitrogen and oxygen atoms in total. The molecule has 23 heavy (non-hydrogen) atoms. The summed E-state index contributed by atoms with van der Waals surface area (Å²) in [5.41, 5.74) is 1.26. The summed E-state index contributed by atoms with van der Waals surface area (Å²) in [7, 11) is 1.66. The molecule has 1 heterocycles. The largest absolute Gasteiger partial charge is 0.496 e. The number of carbonyl (C=O) groups excluding carboxylic acids is 1. The van der Waals surface area contributed by atoms with Gasteiger partial charge < -0.3 is 14.8 Å². The summed E-state index contributed by atoms with van der Waals surface area (Å²) in [6.45, 7) is 10.3. The predicted octanol–water partition coefficient (Wildman–Crippen LogP) is 2.45. The van der Waals surface area contributed by atoms with E-state index in [9.17, 15) is 4.79 Å². The highest BCUT2D eigenvalue weighted by atomic mass is 16.6. The molecule has 0 bridgehead atoms. The van der Waals surface area contributed by atoms with Crippen LogP contribution in [-0.4, -0.2) is 49.9 Å². The Morgan fingerprint density at radius 3 is 2.61 bits per heavy atom. The van der Waals surface area contributed by atoms with Crippen LogP contribution in [-0.2, 0) is 11.3 Å². The van der Waals surface area contributed by atoms with Crippen LogP contribution in [0.15, 0.2) is 18.2 Å². The van der Waals surface area contributed by atoms with E-state index in [2.05, 4.69) is 15.5 Å². The lowest BCUT2D eigenvalue weighted by atomic mass is 10.1. The minimum Gasteiger partial charge on any atom is -0.496 e. The number of rotatable bonds is 4. The van der Waals surface area contributed by atoms with Crippen molar-refractivity contribution in [2.24, 2.45) is 0 Å². The molecule has 0 unspecified atom stereocenters. The Hall–Kier alpha value is -1.79. The van der Waals surface area contributed by atoms with Crippen molar-refractivity contribution in [3.8, 4) is 5.75 Å². The molecule has 2 rings (SSSR count). The van der Waals surface area contributed by atoms with Gasteiger partial charge in [-0.25, -0.2) is 4.79 Å². The fourth-order valence-electron chi connectivity index (χ4n) is 2.51. The summed E-state index contributed by atoms with van der Waals surface area (Å²) in [6, 6.07) is 5.65. The van der Waals surface area contributed by atoms with Crippen molar-refractivity contribution >= 4 is 11.8 Å². The summed E-state index contributed by atoms with van der Waals surface area (Å²) in [6.07, 6.45) is -0.448. The van der Waals surface area contributed by atoms with Gasteiger partial charge in [0.05, 0.1) is 7.11 Å². The number of nitrogens with one attached hydrogen (secondary N) is 2. The van der Waals surface area contributed by atoms with E-state index in [1.807, 2.05) is 39.0 Å². The van der Waals surface area contributed by atoms with Gasteiger partial charge in [0, 0.05) is 44.0 Å². The molecule has 0 spiro atoms. The SMILES string of the molecule is COc1ccc(NC(=O)OC(C)(C)C)cc1CN1CCNCC1. The van der Waals surface area contributed by atoms with Crippen LogP contribution in [0.1, 0.15) is 26.3 Å². The highest BCUT2D eigenvalue weighted by Gasteiger charge is 2.17. The Labute approximate surface area is 138 Å². The summed E-state index contributed by atoms with van der Waals surface area (Å²) in [5, 5.41) is 6.12. The summed E-state index contributed by atoms with van der Waals surface area (Å²) in [4.78, 5) is 14.3. The highest BCUT2D eigenvalue weighted by Crippen LogP contribution is 2.24. The van der Waals surface area contributed by atoms with E-state index in [4.69, 9.17) is 9.47 Å². The average Bonchev–Trinajstić information content (AvgIpc) is 2.46. The number of hydrogen-bond donors (Lipinski definition) is 2. The Balaban J connectivity index is 2.06. The van der Waals surface area contributed by atoms with Crippen molar-refractivity contribution < 1.29 is 14.3 Å². The third kappa shape index (κ3) is 5.73. The topological polar surface area (TPSA) is 62.8 Å². The van der Waals surface area contributed by atoms with E-state index in [0.717, 1.165) is 44.0 Å². The molecule has 0 aliphatic carbocycles. The standard InChI is InChI=1S/C17H27N3O3/c1-17(2,3)23-16(21)19-14-5-6-15(22-4)13(11-14)12-20-9-7-18-8-10-20/h5-6,11,18H,7-10,12H2,1-4H3,(H,19,21). The molecule has 6 heteroatoms. The minimum atomic E-state index is -0.514. The van der Waals surface area contributed by atoms with Gasteiger partial charge in [0.1, 0.15) is 11.4 Å². The fraction of sp³-hybridized carbons (Fsp3) is 0.588. The van der Waals surface area contributed by atoms with Crippen LogP contribution in [0.2, 0.25) is 0 Å². The van der Waals surface area contributed by atoms with Gasteiger partial charge >= 0.3 is 6.09 Å². The predicted molar refractivity (Wildman–Crippen MR) is 91.0 cm³/mol. The highest BCUT2D eigenvalue weighted by molar-refractivity contribution is 5.85. The second-order valence-corrected chi connectivity index (χ2v) is 6.68. The van der Waals surface area contributed by atoms with Gasteiger partial charge in [-0.1, -0.05) is 0 Å². The second kappa shape index (κ2) is 7.66. The third-order valence-corrected chi connectivity index (χ3v) is 3.53. The smallest absolute Gasteiger partial charge is 0.412 e. The number of carbonyl (C=O) groups is 1. The summed E-state index contributed by atoms with van der Waals surface area (Å²) in [5.74, 6) is 0.832. The maximum atomic E-state index is 11.9. The lowest BCUT2D eigenvalue weighted by Gasteiger charge is -2.28. The van der Waals surface area contributed by atoms with Gasteiger partial charge in [-0.2, -0.15) is 0 Å². The molecule has 0 radical (unpaired) electrons. The van der Waals surface area contributed by atoms with Crippen LogP contribution < -0.4 is 15.4 Å². The lowest BCUT2D eigenvalue weighted by Crippen LogP contribution is -2.42. The van der Waals surface area contributed by atoms with Crippen molar-refractivity contribution in [1.82, 2.24) is 10.2 Å². The first kappa shape index (κ1) is 17.6. The van der Waals surface area contributed by atoms with Gasteiger partial charge in [-0.3, -0.25) is 10.2 Å². The Kier molecular flexibility index (Phi) is 5.85. The number of methoxy groups -OCH3 is 1. The lowest BCUT2D eigenvalue weighted by molar-refractivity contribution is 0.0636. The molecule has 1 saturated heterocycles. The van der Waals surface area contributed by atoms with E-state index in [0.29, 0.717) is 5.69 Å². The number of anilines is 1. The molecule has 0 aromatic heterocycles. The van der Waals surface area contributed by atoms with Crippen molar-refractivity contribution in [2.45, 2.75) is 32.9 Å². The molecule has 2 N–H and O–H groups in total. The Morgan fingerprint density at radius 2 is 2.00 bits per heavy atom. The summed E-state index contributed by atoms with van der Waals surface area (Å²) >= 11 is 0. The molecule has 1 aromatic carbocycles. The van der Waals surface area contributed by atoms with Gasteiger partial charge in [0.25, 0.3) is 0 Å². The van der Waals surface area contributed by atoms with Gasteiger partial charge in [0.15, 0.2) is 0 Å². The summed E-state index contributed by atoms with van der Waals surface area (Å²) < 4.78 is 10.7. The van der Waals surface area contributed by atoms with Crippen molar-refractivity contribution in [2.75, 3.05) is 38.6 Å². The number of amides is 1. The van der Waals surface area contributed by atoms with Crippen LogP contribution in [0.3, 0.4) is 0 Å². The quantitative estimate of drug-likeness (QED) is 0.892. The normalized spacial score (nSPS) is 16.0. The minimum absolute atomic E-state index is 0.448. The molecule has 1 aliphatic rings. The number of nitrogens with zero attached hydrogens (tertiary/aromatic N) is 1.